The third-order valence-corrected chi connectivity index (χ3v) is 3.68. The molecule has 8 nitrogen and oxygen atoms in total. The maximum absolute atomic E-state index is 13.7. The van der Waals surface area contributed by atoms with Crippen molar-refractivity contribution in [2.24, 2.45) is 0 Å². The summed E-state index contributed by atoms with van der Waals surface area (Å²) in [5.74, 6) is 0.0518. The van der Waals surface area contributed by atoms with Crippen LogP contribution in [0.25, 0.3) is 0 Å². The van der Waals surface area contributed by atoms with Crippen LogP contribution in [0.3, 0.4) is 0 Å². The van der Waals surface area contributed by atoms with Crippen molar-refractivity contribution in [2.75, 3.05) is 18.0 Å². The van der Waals surface area contributed by atoms with E-state index in [1.165, 1.54) is 12.3 Å². The van der Waals surface area contributed by atoms with Gasteiger partial charge in [0, 0.05) is 26.1 Å². The fourth-order valence-corrected chi connectivity index (χ4v) is 2.59. The highest BCUT2D eigenvalue weighted by atomic mass is 19.1. The van der Waals surface area contributed by atoms with Crippen molar-refractivity contribution < 1.29 is 13.6 Å². The number of anilines is 1. The van der Waals surface area contributed by atoms with Crippen LogP contribution in [0.2, 0.25) is 0 Å². The monoisotopic (exact) mass is 318 g/mol. The van der Waals surface area contributed by atoms with E-state index in [9.17, 15) is 9.18 Å². The number of hydrogen-bond acceptors (Lipinski definition) is 6. The van der Waals surface area contributed by atoms with E-state index in [1.54, 1.807) is 11.8 Å². The van der Waals surface area contributed by atoms with Crippen molar-refractivity contribution in [2.45, 2.75) is 25.6 Å². The Bertz CT molecular complexity index is 749. The van der Waals surface area contributed by atoms with Gasteiger partial charge < -0.3 is 19.6 Å². The van der Waals surface area contributed by atoms with Gasteiger partial charge in [-0.1, -0.05) is 5.10 Å². The van der Waals surface area contributed by atoms with Gasteiger partial charge >= 0.3 is 6.01 Å². The first-order valence-electron chi connectivity index (χ1n) is 7.14. The number of nitrogens with zero attached hydrogens (tertiary/aromatic N) is 4. The summed E-state index contributed by atoms with van der Waals surface area (Å²) in [5.41, 5.74) is 0.666. The Morgan fingerprint density at radius 2 is 2.48 bits per heavy atom. The molecular formula is C14H15FN6O2. The van der Waals surface area contributed by atoms with Gasteiger partial charge in [-0.2, -0.15) is 5.26 Å². The lowest BCUT2D eigenvalue weighted by Gasteiger charge is -2.21. The molecule has 1 fully saturated rings. The highest BCUT2D eigenvalue weighted by Gasteiger charge is 2.35. The number of aryl methyl sites for hydroxylation is 1. The number of aromatic amines is 1. The average Bonchev–Trinajstić information content (AvgIpc) is 3.24. The largest absolute Gasteiger partial charge is 0.408 e. The Morgan fingerprint density at radius 1 is 1.65 bits per heavy atom. The van der Waals surface area contributed by atoms with Crippen LogP contribution in [0.1, 0.15) is 28.4 Å². The highest BCUT2D eigenvalue weighted by Crippen LogP contribution is 2.25. The molecule has 2 N–H and O–H groups in total. The fourth-order valence-electron chi connectivity index (χ4n) is 2.59. The second-order valence-electron chi connectivity index (χ2n) is 5.37. The highest BCUT2D eigenvalue weighted by molar-refractivity contribution is 5.92. The first-order chi connectivity index (χ1) is 11.1. The van der Waals surface area contributed by atoms with Crippen LogP contribution >= 0.6 is 0 Å². The van der Waals surface area contributed by atoms with Crippen molar-refractivity contribution in [3.8, 4) is 6.07 Å². The van der Waals surface area contributed by atoms with Gasteiger partial charge in [-0.15, -0.1) is 5.10 Å². The summed E-state index contributed by atoms with van der Waals surface area (Å²) in [6.07, 6.45) is 0.714. The summed E-state index contributed by atoms with van der Waals surface area (Å²) in [6.45, 7) is 2.05. The molecule has 0 saturated carbocycles. The molecule has 0 bridgehead atoms. The maximum Gasteiger partial charge on any atom is 0.318 e. The number of hydrogen-bond donors (Lipinski definition) is 2. The molecule has 2 atom stereocenters. The van der Waals surface area contributed by atoms with Crippen LogP contribution in [-0.4, -0.2) is 46.4 Å². The van der Waals surface area contributed by atoms with Crippen molar-refractivity contribution in [3.05, 3.63) is 29.4 Å². The quantitative estimate of drug-likeness (QED) is 0.867. The number of aromatic nitrogens is 3. The number of H-pyrrole nitrogens is 1. The third kappa shape index (κ3) is 3.15. The number of rotatable bonds is 4. The van der Waals surface area contributed by atoms with Crippen molar-refractivity contribution in [1.82, 2.24) is 20.5 Å². The van der Waals surface area contributed by atoms with Gasteiger partial charge in [0.1, 0.15) is 17.9 Å². The van der Waals surface area contributed by atoms with Gasteiger partial charge in [0.2, 0.25) is 5.89 Å². The van der Waals surface area contributed by atoms with Crippen LogP contribution in [-0.2, 0) is 0 Å². The van der Waals surface area contributed by atoms with Crippen molar-refractivity contribution in [3.63, 3.8) is 0 Å². The predicted molar refractivity (Wildman–Crippen MR) is 77.5 cm³/mol. The normalized spacial score (nSPS) is 20.5. The molecular weight excluding hydrogens is 303 g/mol. The molecule has 0 spiro atoms. The summed E-state index contributed by atoms with van der Waals surface area (Å²) >= 11 is 0. The molecule has 3 heterocycles. The second-order valence-corrected chi connectivity index (χ2v) is 5.37. The lowest BCUT2D eigenvalue weighted by Crippen LogP contribution is -2.40. The minimum absolute atomic E-state index is 0.156. The van der Waals surface area contributed by atoms with Gasteiger partial charge in [-0.25, -0.2) is 4.39 Å². The Hall–Kier alpha value is -2.89. The van der Waals surface area contributed by atoms with Crippen molar-refractivity contribution >= 4 is 11.9 Å². The van der Waals surface area contributed by atoms with Gasteiger partial charge in [-0.05, 0) is 6.07 Å². The molecule has 1 aliphatic rings. The summed E-state index contributed by atoms with van der Waals surface area (Å²) < 4.78 is 19.1. The molecule has 0 aromatic carbocycles. The van der Waals surface area contributed by atoms with E-state index in [1.807, 2.05) is 6.07 Å². The molecule has 120 valence electrons. The summed E-state index contributed by atoms with van der Waals surface area (Å²) in [5, 5.41) is 19.1. The first-order valence-corrected chi connectivity index (χ1v) is 7.14. The number of amides is 1. The lowest BCUT2D eigenvalue weighted by molar-refractivity contribution is 0.0946. The molecule has 0 aliphatic carbocycles. The number of carbonyl (C=O) groups excluding carboxylic acids is 1. The standard InChI is InChI=1S/C14H15FN6O2/c1-8-19-20-14(23-8)21-7-10(15)3-11(21)6-18-13(22)12-2-9(4-16)5-17-12/h2,5,10-11,17H,3,6-7H2,1H3,(H,18,22)/t10-,11-/m0/s1. The van der Waals surface area contributed by atoms with Crippen LogP contribution in [0.15, 0.2) is 16.7 Å². The predicted octanol–water partition coefficient (Wildman–Crippen LogP) is 0.925. The van der Waals surface area contributed by atoms with Gasteiger partial charge in [0.05, 0.1) is 18.2 Å². The summed E-state index contributed by atoms with van der Waals surface area (Å²) in [7, 11) is 0. The Kier molecular flexibility index (Phi) is 3.97. The van der Waals surface area contributed by atoms with E-state index in [4.69, 9.17) is 9.68 Å². The second kappa shape index (κ2) is 6.08. The molecule has 1 aliphatic heterocycles. The van der Waals surface area contributed by atoms with Gasteiger partial charge in [0.15, 0.2) is 0 Å². The maximum atomic E-state index is 13.7. The van der Waals surface area contributed by atoms with Crippen LogP contribution in [0.5, 0.6) is 0 Å². The molecule has 2 aromatic heterocycles. The Balaban J connectivity index is 1.64. The van der Waals surface area contributed by atoms with Crippen LogP contribution in [0, 0.1) is 18.3 Å². The van der Waals surface area contributed by atoms with E-state index in [0.717, 1.165) is 0 Å². The van der Waals surface area contributed by atoms with E-state index in [-0.39, 0.29) is 43.2 Å². The molecule has 0 unspecified atom stereocenters. The van der Waals surface area contributed by atoms with Crippen molar-refractivity contribution in [1.29, 1.82) is 5.26 Å². The topological polar surface area (TPSA) is 111 Å². The van der Waals surface area contributed by atoms with E-state index < -0.39 is 6.17 Å². The zero-order valence-corrected chi connectivity index (χ0v) is 12.4. The van der Waals surface area contributed by atoms with E-state index >= 15 is 0 Å². The first kappa shape index (κ1) is 15.0. The summed E-state index contributed by atoms with van der Waals surface area (Å²) in [4.78, 5) is 16.4. The smallest absolute Gasteiger partial charge is 0.318 e. The van der Waals surface area contributed by atoms with Crippen LogP contribution in [0.4, 0.5) is 10.4 Å². The number of nitriles is 1. The average molecular weight is 318 g/mol. The van der Waals surface area contributed by atoms with Gasteiger partial charge in [-0.3, -0.25) is 4.79 Å². The lowest BCUT2D eigenvalue weighted by atomic mass is 10.2. The number of halogens is 1. The molecule has 3 rings (SSSR count). The fraction of sp³-hybridized carbons (Fsp3) is 0.429. The number of carbonyl (C=O) groups is 1. The Labute approximate surface area is 131 Å². The summed E-state index contributed by atoms with van der Waals surface area (Å²) in [6, 6.07) is 3.39. The third-order valence-electron chi connectivity index (χ3n) is 3.68. The van der Waals surface area contributed by atoms with Gasteiger partial charge in [0.25, 0.3) is 5.91 Å². The molecule has 1 amide bonds. The minimum Gasteiger partial charge on any atom is -0.408 e. The molecule has 9 heteroatoms. The molecule has 23 heavy (non-hydrogen) atoms. The molecule has 1 saturated heterocycles. The molecule has 0 radical (unpaired) electrons. The van der Waals surface area contributed by atoms with Crippen LogP contribution < -0.4 is 10.2 Å². The molecule has 2 aromatic rings. The zero-order valence-electron chi connectivity index (χ0n) is 12.4. The number of alkyl halides is 1. The zero-order chi connectivity index (χ0) is 16.4. The van der Waals surface area contributed by atoms with E-state index in [0.29, 0.717) is 11.5 Å². The van der Waals surface area contributed by atoms with E-state index in [2.05, 4.69) is 20.5 Å². The SMILES string of the molecule is Cc1nnc(N2C[C@@H](F)C[C@H]2CNC(=O)c2cc(C#N)c[nH]2)o1. The Morgan fingerprint density at radius 3 is 3.13 bits per heavy atom. The number of nitrogens with one attached hydrogen (secondary N) is 2. The minimum atomic E-state index is -1.01.